The van der Waals surface area contributed by atoms with Crippen LogP contribution in [0, 0.1) is 11.6 Å². The van der Waals surface area contributed by atoms with Crippen LogP contribution >= 0.6 is 23.1 Å². The van der Waals surface area contributed by atoms with Crippen molar-refractivity contribution in [3.63, 3.8) is 0 Å². The zero-order valence-electron chi connectivity index (χ0n) is 14.1. The highest BCUT2D eigenvalue weighted by molar-refractivity contribution is 8.00. The Morgan fingerprint density at radius 3 is 2.88 bits per heavy atom. The number of benzene rings is 1. The Hall–Kier alpha value is -2.26. The van der Waals surface area contributed by atoms with Gasteiger partial charge in [0, 0.05) is 24.4 Å². The number of hydrogen-bond acceptors (Lipinski definition) is 5. The fourth-order valence-corrected chi connectivity index (χ4v) is 3.75. The Labute approximate surface area is 157 Å². The van der Waals surface area contributed by atoms with E-state index in [2.05, 4.69) is 15.5 Å². The van der Waals surface area contributed by atoms with Crippen LogP contribution in [0.1, 0.15) is 17.6 Å². The standard InChI is InChI=1S/C17H16F2N4OS2/c1-10(16(24)20-14-8-11(18)5-6-13(14)19)26-17-22-21-15(23(17)2)9-12-4-3-7-25-12/h3-8,10H,9H2,1-2H3,(H,20,24)/t10-/m1/s1. The van der Waals surface area contributed by atoms with E-state index in [4.69, 9.17) is 0 Å². The lowest BCUT2D eigenvalue weighted by Crippen LogP contribution is -2.23. The lowest BCUT2D eigenvalue weighted by Gasteiger charge is -2.12. The maximum atomic E-state index is 13.7. The summed E-state index contributed by atoms with van der Waals surface area (Å²) >= 11 is 2.85. The molecule has 1 N–H and O–H groups in total. The number of anilines is 1. The molecular weight excluding hydrogens is 378 g/mol. The van der Waals surface area contributed by atoms with Crippen molar-refractivity contribution in [3.8, 4) is 0 Å². The third kappa shape index (κ3) is 4.28. The van der Waals surface area contributed by atoms with Gasteiger partial charge in [-0.1, -0.05) is 17.8 Å². The molecule has 136 valence electrons. The number of amides is 1. The summed E-state index contributed by atoms with van der Waals surface area (Å²) in [6.07, 6.45) is 0.663. The fourth-order valence-electron chi connectivity index (χ4n) is 2.21. The molecule has 0 unspecified atom stereocenters. The number of nitrogens with zero attached hydrogens (tertiary/aromatic N) is 3. The van der Waals surface area contributed by atoms with E-state index in [-0.39, 0.29) is 5.69 Å². The van der Waals surface area contributed by atoms with E-state index < -0.39 is 22.8 Å². The Bertz CT molecular complexity index is 912. The van der Waals surface area contributed by atoms with Crippen molar-refractivity contribution in [2.45, 2.75) is 23.8 Å². The summed E-state index contributed by atoms with van der Waals surface area (Å²) in [5.41, 5.74) is -0.182. The van der Waals surface area contributed by atoms with Crippen molar-refractivity contribution >= 4 is 34.7 Å². The fraction of sp³-hybridized carbons (Fsp3) is 0.235. The minimum Gasteiger partial charge on any atom is -0.323 e. The molecule has 0 aliphatic heterocycles. The van der Waals surface area contributed by atoms with Gasteiger partial charge in [-0.25, -0.2) is 8.78 Å². The molecule has 0 aliphatic rings. The molecule has 5 nitrogen and oxygen atoms in total. The van der Waals surface area contributed by atoms with Crippen LogP contribution in [0.4, 0.5) is 14.5 Å². The molecule has 0 radical (unpaired) electrons. The summed E-state index contributed by atoms with van der Waals surface area (Å²) in [5.74, 6) is -0.955. The molecule has 26 heavy (non-hydrogen) atoms. The van der Waals surface area contributed by atoms with E-state index in [1.165, 1.54) is 16.6 Å². The number of thioether (sulfide) groups is 1. The molecule has 1 atom stereocenters. The summed E-state index contributed by atoms with van der Waals surface area (Å²) in [6.45, 7) is 1.67. The molecule has 0 bridgehead atoms. The lowest BCUT2D eigenvalue weighted by atomic mass is 10.3. The molecule has 0 fully saturated rings. The average Bonchev–Trinajstić information content (AvgIpc) is 3.23. The SMILES string of the molecule is C[C@@H](Sc1nnc(Cc2cccs2)n1C)C(=O)Nc1cc(F)ccc1F. The number of halogens is 2. The normalized spacial score (nSPS) is 12.2. The van der Waals surface area contributed by atoms with Crippen molar-refractivity contribution in [1.82, 2.24) is 14.8 Å². The van der Waals surface area contributed by atoms with Crippen molar-refractivity contribution < 1.29 is 13.6 Å². The van der Waals surface area contributed by atoms with Gasteiger partial charge in [-0.3, -0.25) is 4.79 Å². The first kappa shape index (κ1) is 18.5. The lowest BCUT2D eigenvalue weighted by molar-refractivity contribution is -0.115. The van der Waals surface area contributed by atoms with Gasteiger partial charge in [0.2, 0.25) is 5.91 Å². The first-order chi connectivity index (χ1) is 12.4. The molecule has 0 saturated heterocycles. The topological polar surface area (TPSA) is 59.8 Å². The number of thiophene rings is 1. The predicted octanol–water partition coefficient (Wildman–Crippen LogP) is 3.86. The summed E-state index contributed by atoms with van der Waals surface area (Å²) in [7, 11) is 1.84. The maximum Gasteiger partial charge on any atom is 0.237 e. The van der Waals surface area contributed by atoms with E-state index in [0.29, 0.717) is 11.6 Å². The van der Waals surface area contributed by atoms with Crippen LogP contribution in [-0.2, 0) is 18.3 Å². The zero-order chi connectivity index (χ0) is 18.7. The van der Waals surface area contributed by atoms with Crippen LogP contribution in [-0.4, -0.2) is 25.9 Å². The number of carbonyl (C=O) groups is 1. The van der Waals surface area contributed by atoms with Crippen LogP contribution in [0.2, 0.25) is 0 Å². The third-order valence-electron chi connectivity index (χ3n) is 3.68. The van der Waals surface area contributed by atoms with Crippen molar-refractivity contribution in [2.24, 2.45) is 7.05 Å². The van der Waals surface area contributed by atoms with Crippen LogP contribution in [0.5, 0.6) is 0 Å². The Balaban J connectivity index is 1.65. The second-order valence-corrected chi connectivity index (χ2v) is 7.93. The highest BCUT2D eigenvalue weighted by atomic mass is 32.2. The zero-order valence-corrected chi connectivity index (χ0v) is 15.7. The molecule has 3 aromatic rings. The number of nitrogens with one attached hydrogen (secondary N) is 1. The number of rotatable bonds is 6. The van der Waals surface area contributed by atoms with E-state index in [0.717, 1.165) is 24.0 Å². The van der Waals surface area contributed by atoms with E-state index in [1.54, 1.807) is 18.3 Å². The maximum absolute atomic E-state index is 13.7. The molecule has 9 heteroatoms. The summed E-state index contributed by atoms with van der Waals surface area (Å²) in [4.78, 5) is 13.4. The number of hydrogen-bond donors (Lipinski definition) is 1. The van der Waals surface area contributed by atoms with Crippen molar-refractivity contribution in [2.75, 3.05) is 5.32 Å². The molecular formula is C17H16F2N4OS2. The predicted molar refractivity (Wildman–Crippen MR) is 98.4 cm³/mol. The summed E-state index contributed by atoms with van der Waals surface area (Å²) < 4.78 is 28.7. The first-order valence-electron chi connectivity index (χ1n) is 7.77. The van der Waals surface area contributed by atoms with Gasteiger partial charge in [0.05, 0.1) is 10.9 Å². The van der Waals surface area contributed by atoms with Crippen molar-refractivity contribution in [3.05, 3.63) is 58.0 Å². The Kier molecular flexibility index (Phi) is 5.67. The third-order valence-corrected chi connectivity index (χ3v) is 5.69. The molecule has 3 rings (SSSR count). The van der Waals surface area contributed by atoms with Gasteiger partial charge in [-0.05, 0) is 30.5 Å². The molecule has 1 aromatic carbocycles. The minimum atomic E-state index is -0.686. The van der Waals surface area contributed by atoms with Crippen LogP contribution < -0.4 is 5.32 Å². The quantitative estimate of drug-likeness (QED) is 0.645. The van der Waals surface area contributed by atoms with Gasteiger partial charge in [0.15, 0.2) is 5.16 Å². The first-order valence-corrected chi connectivity index (χ1v) is 9.53. The van der Waals surface area contributed by atoms with Crippen LogP contribution in [0.3, 0.4) is 0 Å². The number of carbonyl (C=O) groups excluding carboxylic acids is 1. The van der Waals surface area contributed by atoms with Gasteiger partial charge in [0.25, 0.3) is 0 Å². The smallest absolute Gasteiger partial charge is 0.237 e. The minimum absolute atomic E-state index is 0.182. The highest BCUT2D eigenvalue weighted by Gasteiger charge is 2.20. The average molecular weight is 394 g/mol. The second-order valence-electron chi connectivity index (χ2n) is 5.59. The molecule has 0 spiro atoms. The van der Waals surface area contributed by atoms with Crippen LogP contribution in [0.15, 0.2) is 40.9 Å². The van der Waals surface area contributed by atoms with Crippen molar-refractivity contribution in [1.29, 1.82) is 0 Å². The van der Waals surface area contributed by atoms with E-state index >= 15 is 0 Å². The molecule has 0 saturated carbocycles. The Morgan fingerprint density at radius 1 is 1.35 bits per heavy atom. The van der Waals surface area contributed by atoms with Gasteiger partial charge in [-0.15, -0.1) is 21.5 Å². The second kappa shape index (κ2) is 7.96. The molecule has 1 amide bonds. The molecule has 2 aromatic heterocycles. The molecule has 2 heterocycles. The van der Waals surface area contributed by atoms with E-state index in [1.807, 2.05) is 29.1 Å². The summed E-state index contributed by atoms with van der Waals surface area (Å²) in [6, 6.07) is 6.92. The Morgan fingerprint density at radius 2 is 2.15 bits per heavy atom. The largest absolute Gasteiger partial charge is 0.323 e. The van der Waals surface area contributed by atoms with Gasteiger partial charge < -0.3 is 9.88 Å². The molecule has 0 aliphatic carbocycles. The van der Waals surface area contributed by atoms with E-state index in [9.17, 15) is 13.6 Å². The van der Waals surface area contributed by atoms with Gasteiger partial charge in [0.1, 0.15) is 17.5 Å². The van der Waals surface area contributed by atoms with Gasteiger partial charge >= 0.3 is 0 Å². The number of aromatic nitrogens is 3. The van der Waals surface area contributed by atoms with Crippen LogP contribution in [0.25, 0.3) is 0 Å². The highest BCUT2D eigenvalue weighted by Crippen LogP contribution is 2.24. The van der Waals surface area contributed by atoms with Gasteiger partial charge in [-0.2, -0.15) is 0 Å². The monoisotopic (exact) mass is 394 g/mol. The summed E-state index contributed by atoms with van der Waals surface area (Å²) in [5, 5.41) is 12.7.